The van der Waals surface area contributed by atoms with Gasteiger partial charge in [0.25, 0.3) is 0 Å². The van der Waals surface area contributed by atoms with Gasteiger partial charge in [-0.05, 0) is 39.3 Å². The van der Waals surface area contributed by atoms with Crippen LogP contribution >= 0.6 is 0 Å². The molecule has 0 N–H and O–H groups in total. The Kier molecular flexibility index (Phi) is 3.50. The van der Waals surface area contributed by atoms with Crippen LogP contribution in [-0.4, -0.2) is 18.7 Å². The molecule has 84 valence electrons. The lowest BCUT2D eigenvalue weighted by molar-refractivity contribution is 0.586. The first-order valence-corrected chi connectivity index (χ1v) is 6.64. The molecule has 0 fully saturated rings. The summed E-state index contributed by atoms with van der Waals surface area (Å²) in [7, 11) is -3.20. The molecule has 1 heterocycles. The van der Waals surface area contributed by atoms with Gasteiger partial charge in [-0.1, -0.05) is 6.92 Å². The summed E-state index contributed by atoms with van der Waals surface area (Å²) in [4.78, 5) is 4.62. The Bertz CT molecular complexity index is 450. The van der Waals surface area contributed by atoms with Crippen molar-refractivity contribution in [3.8, 4) is 0 Å². The van der Waals surface area contributed by atoms with Crippen molar-refractivity contribution in [1.29, 1.82) is 0 Å². The van der Waals surface area contributed by atoms with Gasteiger partial charge in [-0.25, -0.2) is 8.42 Å². The number of aryl methyl sites for hydroxylation is 2. The summed E-state index contributed by atoms with van der Waals surface area (Å²) in [5.41, 5.74) is 1.53. The van der Waals surface area contributed by atoms with Crippen LogP contribution in [0.3, 0.4) is 0 Å². The number of pyridine rings is 1. The summed E-state index contributed by atoms with van der Waals surface area (Å²) in [5, 5.41) is -0.398. The minimum absolute atomic E-state index is 0.356. The van der Waals surface area contributed by atoms with E-state index in [2.05, 4.69) is 4.98 Å². The van der Waals surface area contributed by atoms with Gasteiger partial charge < -0.3 is 0 Å². The maximum Gasteiger partial charge on any atom is 0.182 e. The summed E-state index contributed by atoms with van der Waals surface area (Å²) in [5.74, 6) is 0. The molecule has 0 saturated carbocycles. The van der Waals surface area contributed by atoms with Crippen LogP contribution in [0, 0.1) is 6.92 Å². The van der Waals surface area contributed by atoms with Gasteiger partial charge in [-0.3, -0.25) is 4.98 Å². The summed E-state index contributed by atoms with van der Waals surface area (Å²) < 4.78 is 23.8. The lowest BCUT2D eigenvalue weighted by Gasteiger charge is -2.10. The van der Waals surface area contributed by atoms with Crippen LogP contribution in [-0.2, 0) is 16.3 Å². The molecule has 0 saturated heterocycles. The van der Waals surface area contributed by atoms with Crippen molar-refractivity contribution in [2.75, 3.05) is 0 Å². The zero-order chi connectivity index (χ0) is 11.6. The number of hydrogen-bond acceptors (Lipinski definition) is 3. The zero-order valence-corrected chi connectivity index (χ0v) is 10.4. The minimum Gasteiger partial charge on any atom is -0.257 e. The quantitative estimate of drug-likeness (QED) is 0.794. The normalized spacial score (nSPS) is 12.1. The van der Waals surface area contributed by atoms with Crippen molar-refractivity contribution in [2.45, 2.75) is 44.3 Å². The second kappa shape index (κ2) is 4.31. The van der Waals surface area contributed by atoms with Crippen molar-refractivity contribution in [2.24, 2.45) is 0 Å². The first kappa shape index (κ1) is 12.2. The van der Waals surface area contributed by atoms with Gasteiger partial charge in [0.05, 0.1) is 15.8 Å². The van der Waals surface area contributed by atoms with Crippen LogP contribution in [0.4, 0.5) is 0 Å². The summed E-state index contributed by atoms with van der Waals surface area (Å²) in [6.07, 6.45) is 0.822. The molecule has 15 heavy (non-hydrogen) atoms. The molecule has 0 unspecified atom stereocenters. The molecule has 4 heteroatoms. The molecule has 1 aromatic rings. The highest BCUT2D eigenvalue weighted by Gasteiger charge is 2.21. The van der Waals surface area contributed by atoms with E-state index in [1.807, 2.05) is 6.92 Å². The van der Waals surface area contributed by atoms with Gasteiger partial charge in [0.2, 0.25) is 0 Å². The van der Waals surface area contributed by atoms with Crippen molar-refractivity contribution in [1.82, 2.24) is 4.98 Å². The fourth-order valence-corrected chi connectivity index (χ4v) is 2.57. The Balaban J connectivity index is 3.29. The van der Waals surface area contributed by atoms with Crippen LogP contribution in [0.5, 0.6) is 0 Å². The monoisotopic (exact) mass is 227 g/mol. The van der Waals surface area contributed by atoms with E-state index in [0.717, 1.165) is 12.1 Å². The van der Waals surface area contributed by atoms with E-state index >= 15 is 0 Å². The van der Waals surface area contributed by atoms with Crippen molar-refractivity contribution < 1.29 is 8.42 Å². The molecule has 1 aromatic heterocycles. The van der Waals surface area contributed by atoms with Crippen LogP contribution in [0.15, 0.2) is 17.0 Å². The van der Waals surface area contributed by atoms with Gasteiger partial charge in [-0.15, -0.1) is 0 Å². The van der Waals surface area contributed by atoms with Gasteiger partial charge in [0, 0.05) is 5.69 Å². The van der Waals surface area contributed by atoms with Crippen LogP contribution in [0.1, 0.15) is 32.2 Å². The number of hydrogen-bond donors (Lipinski definition) is 0. The average molecular weight is 227 g/mol. The fraction of sp³-hybridized carbons (Fsp3) is 0.545. The molecule has 0 bridgehead atoms. The third-order valence-corrected chi connectivity index (χ3v) is 4.67. The zero-order valence-electron chi connectivity index (χ0n) is 9.61. The third kappa shape index (κ3) is 2.37. The van der Waals surface area contributed by atoms with Crippen molar-refractivity contribution in [3.05, 3.63) is 23.5 Å². The van der Waals surface area contributed by atoms with Crippen molar-refractivity contribution >= 4 is 9.84 Å². The topological polar surface area (TPSA) is 47.0 Å². The third-order valence-electron chi connectivity index (χ3n) is 2.38. The SMILES string of the molecule is CCc1ccc(S(=O)(=O)C(C)C)c(C)n1. The standard InChI is InChI=1S/C11H17NO2S/c1-5-10-6-7-11(9(4)12-10)15(13,14)8(2)3/h6-8H,5H2,1-4H3. The average Bonchev–Trinajstić information content (AvgIpc) is 2.16. The lowest BCUT2D eigenvalue weighted by atomic mass is 10.3. The van der Waals surface area contributed by atoms with Gasteiger partial charge in [0.15, 0.2) is 9.84 Å². The molecule has 0 atom stereocenters. The van der Waals surface area contributed by atoms with Crippen LogP contribution in [0.25, 0.3) is 0 Å². The summed E-state index contributed by atoms with van der Waals surface area (Å²) in [6.45, 7) is 7.11. The van der Waals surface area contributed by atoms with E-state index in [1.54, 1.807) is 32.9 Å². The van der Waals surface area contributed by atoms with E-state index in [0.29, 0.717) is 10.6 Å². The molecular formula is C11H17NO2S. The predicted molar refractivity (Wildman–Crippen MR) is 60.7 cm³/mol. The summed E-state index contributed by atoms with van der Waals surface area (Å²) >= 11 is 0. The number of nitrogens with zero attached hydrogens (tertiary/aromatic N) is 1. The van der Waals surface area contributed by atoms with Crippen molar-refractivity contribution in [3.63, 3.8) is 0 Å². The van der Waals surface area contributed by atoms with E-state index in [1.165, 1.54) is 0 Å². The molecule has 0 aliphatic heterocycles. The predicted octanol–water partition coefficient (Wildman–Crippen LogP) is 2.13. The smallest absolute Gasteiger partial charge is 0.182 e. The molecule has 0 aromatic carbocycles. The van der Waals surface area contributed by atoms with E-state index < -0.39 is 15.1 Å². The highest BCUT2D eigenvalue weighted by atomic mass is 32.2. The van der Waals surface area contributed by atoms with Crippen LogP contribution in [0.2, 0.25) is 0 Å². The number of aromatic nitrogens is 1. The number of sulfone groups is 1. The van der Waals surface area contributed by atoms with Crippen LogP contribution < -0.4 is 0 Å². The van der Waals surface area contributed by atoms with E-state index in [9.17, 15) is 8.42 Å². The number of rotatable bonds is 3. The minimum atomic E-state index is -3.20. The molecular weight excluding hydrogens is 210 g/mol. The fourth-order valence-electron chi connectivity index (χ4n) is 1.35. The first-order chi connectivity index (χ1) is 6.89. The second-order valence-electron chi connectivity index (χ2n) is 3.83. The Morgan fingerprint density at radius 1 is 1.33 bits per heavy atom. The first-order valence-electron chi connectivity index (χ1n) is 5.10. The second-order valence-corrected chi connectivity index (χ2v) is 6.31. The maximum atomic E-state index is 11.9. The van der Waals surface area contributed by atoms with Gasteiger partial charge >= 0.3 is 0 Å². The molecule has 0 aliphatic rings. The lowest BCUT2D eigenvalue weighted by Crippen LogP contribution is -2.16. The van der Waals surface area contributed by atoms with Gasteiger partial charge in [0.1, 0.15) is 0 Å². The molecule has 0 aliphatic carbocycles. The Morgan fingerprint density at radius 3 is 2.33 bits per heavy atom. The Hall–Kier alpha value is -0.900. The molecule has 1 rings (SSSR count). The molecule has 0 radical (unpaired) electrons. The molecule has 0 amide bonds. The highest BCUT2D eigenvalue weighted by molar-refractivity contribution is 7.92. The van der Waals surface area contributed by atoms with Gasteiger partial charge in [-0.2, -0.15) is 0 Å². The summed E-state index contributed by atoms with van der Waals surface area (Å²) in [6, 6.07) is 3.44. The highest BCUT2D eigenvalue weighted by Crippen LogP contribution is 2.19. The molecule has 3 nitrogen and oxygen atoms in total. The van der Waals surface area contributed by atoms with E-state index in [-0.39, 0.29) is 0 Å². The maximum absolute atomic E-state index is 11.9. The largest absolute Gasteiger partial charge is 0.257 e. The molecule has 0 spiro atoms. The Morgan fingerprint density at radius 2 is 1.93 bits per heavy atom. The van der Waals surface area contributed by atoms with E-state index in [4.69, 9.17) is 0 Å². The Labute approximate surface area is 91.5 Å².